The molecule has 0 aromatic carbocycles. The first-order valence-corrected chi connectivity index (χ1v) is 42.1. The lowest BCUT2D eigenvalue weighted by atomic mass is 10.0. The van der Waals surface area contributed by atoms with Crippen molar-refractivity contribution in [2.45, 2.75) is 290 Å². The van der Waals surface area contributed by atoms with Crippen molar-refractivity contribution in [1.29, 1.82) is 0 Å². The summed E-state index contributed by atoms with van der Waals surface area (Å²) in [5.74, 6) is 0.869. The smallest absolute Gasteiger partial charge is 0.315 e. The summed E-state index contributed by atoms with van der Waals surface area (Å²) in [7, 11) is 11.7. The second-order valence-electron chi connectivity index (χ2n) is 28.0. The van der Waals surface area contributed by atoms with Gasteiger partial charge in [0.15, 0.2) is 0 Å². The summed E-state index contributed by atoms with van der Waals surface area (Å²) in [5.41, 5.74) is 0. The van der Waals surface area contributed by atoms with Crippen molar-refractivity contribution in [2.24, 2.45) is 0 Å². The van der Waals surface area contributed by atoms with Crippen LogP contribution in [0, 0.1) is 0 Å². The molecule has 5 unspecified atom stereocenters. The van der Waals surface area contributed by atoms with Crippen LogP contribution in [0.4, 0.5) is 9.59 Å². The number of carbonyl (C=O) groups excluding carboxylic acids is 12. The summed E-state index contributed by atoms with van der Waals surface area (Å²) in [4.78, 5) is 143. The fourth-order valence-corrected chi connectivity index (χ4v) is 15.9. The molecule has 9 atom stereocenters. The van der Waals surface area contributed by atoms with Gasteiger partial charge in [-0.2, -0.15) is 23.5 Å². The normalized spacial score (nSPS) is 18.1. The van der Waals surface area contributed by atoms with E-state index in [1.54, 1.807) is 0 Å². The van der Waals surface area contributed by atoms with Crippen molar-refractivity contribution in [3.05, 3.63) is 0 Å². The summed E-state index contributed by atoms with van der Waals surface area (Å²) < 4.78 is 13.8. The van der Waals surface area contributed by atoms with Crippen LogP contribution in [0.15, 0.2) is 0 Å². The van der Waals surface area contributed by atoms with Gasteiger partial charge >= 0.3 is 30.0 Å². The van der Waals surface area contributed by atoms with Crippen molar-refractivity contribution < 1.29 is 71.7 Å². The van der Waals surface area contributed by atoms with E-state index in [1.807, 2.05) is 51.7 Å². The Balaban J connectivity index is 0.000000579. The van der Waals surface area contributed by atoms with Crippen LogP contribution in [-0.2, 0) is 62.2 Å². The highest BCUT2D eigenvalue weighted by atomic mass is 32.2. The van der Waals surface area contributed by atoms with E-state index in [0.717, 1.165) is 198 Å². The van der Waals surface area contributed by atoms with Gasteiger partial charge in [0, 0.05) is 99.7 Å². The van der Waals surface area contributed by atoms with Crippen molar-refractivity contribution in [1.82, 2.24) is 79.8 Å². The first-order valence-electron chi connectivity index (χ1n) is 40.0. The highest BCUT2D eigenvalue weighted by Crippen LogP contribution is 2.34. The zero-order valence-corrected chi connectivity index (χ0v) is 67.5. The Hall–Kier alpha value is -6.22. The number of nitrogens with one attached hydrogen (secondary N) is 15. The third kappa shape index (κ3) is 48.1. The van der Waals surface area contributed by atoms with Crippen LogP contribution in [0.5, 0.6) is 0 Å². The third-order valence-electron chi connectivity index (χ3n) is 19.2. The van der Waals surface area contributed by atoms with E-state index in [2.05, 4.69) is 94.0 Å². The number of hydrogen-bond donors (Lipinski definition) is 15. The molecule has 0 aromatic heterocycles. The van der Waals surface area contributed by atoms with Crippen LogP contribution < -0.4 is 79.8 Å². The lowest BCUT2D eigenvalue weighted by molar-refractivity contribution is -0.141. The van der Waals surface area contributed by atoms with Gasteiger partial charge in [-0.05, 0) is 189 Å². The number of unbranched alkanes of at least 4 members (excludes halogenated alkanes) is 15. The van der Waals surface area contributed by atoms with E-state index < -0.39 is 12.1 Å². The zero-order chi connectivity index (χ0) is 78.5. The molecule has 0 spiro atoms. The number of thioether (sulfide) groups is 2. The quantitative estimate of drug-likeness (QED) is 0.0164. The molecule has 0 aromatic rings. The molecule has 107 heavy (non-hydrogen) atoms. The highest BCUT2D eigenvalue weighted by molar-refractivity contribution is 8.00. The van der Waals surface area contributed by atoms with Gasteiger partial charge in [-0.1, -0.05) is 51.4 Å². The summed E-state index contributed by atoms with van der Waals surface area (Å²) in [6, 6.07) is -0.473. The lowest BCUT2D eigenvalue weighted by Crippen LogP contribution is -2.47. The lowest BCUT2D eigenvalue weighted by Gasteiger charge is -2.18. The Morgan fingerprint density at radius 1 is 0.346 bits per heavy atom. The number of methoxy groups -OCH3 is 3. The monoisotopic (exact) mass is 1550 g/mol. The predicted molar refractivity (Wildman–Crippen MR) is 421 cm³/mol. The molecule has 616 valence electrons. The number of ether oxygens (including phenoxy) is 3. The molecule has 0 bridgehead atoms. The number of likely N-dealkylation sites (N-methyl/N-ethyl adjacent to an activating group) is 1. The molecule has 0 aliphatic carbocycles. The maximum absolute atomic E-state index is 12.8. The summed E-state index contributed by atoms with van der Waals surface area (Å²) in [5, 5.41) is 45.7. The molecular weight excluding hydrogens is 1420 g/mol. The Bertz CT molecular complexity index is 2400. The molecule has 4 aliphatic heterocycles. The largest absolute Gasteiger partial charge is 0.469 e. The second-order valence-corrected chi connectivity index (χ2v) is 30.5. The van der Waals surface area contributed by atoms with Gasteiger partial charge in [-0.15, -0.1) is 0 Å². The SMILES string of the molecule is CNCCCCC(NC(=O)CCCCCNC(=O)CCCCC1SC[C@@H]2NC(=O)N[C@H]12)C(=O)NCCCCCC(=O)OC.CNCCCCC(NC(=O)CCCCCNC(=O)CCCCC1SC[C@@H]2NC(=O)N[C@H]12)C(=O)NCCCCCC(=O)OC.CNCCCCC(NC)C(=O)NCCCCCC(=O)OC. The van der Waals surface area contributed by atoms with Crippen molar-refractivity contribution in [2.75, 3.05) is 113 Å². The van der Waals surface area contributed by atoms with Crippen molar-refractivity contribution in [3.8, 4) is 0 Å². The first-order chi connectivity index (χ1) is 51.8. The molecule has 0 radical (unpaired) electrons. The predicted octanol–water partition coefficient (Wildman–Crippen LogP) is 5.04. The van der Waals surface area contributed by atoms with Gasteiger partial charge in [-0.25, -0.2) is 9.59 Å². The molecule has 30 nitrogen and oxygen atoms in total. The highest BCUT2D eigenvalue weighted by Gasteiger charge is 2.43. The van der Waals surface area contributed by atoms with Gasteiger partial charge in [-0.3, -0.25) is 47.9 Å². The van der Waals surface area contributed by atoms with Crippen LogP contribution in [0.25, 0.3) is 0 Å². The van der Waals surface area contributed by atoms with Gasteiger partial charge < -0.3 is 94.0 Å². The average Bonchev–Trinajstić information content (AvgIpc) is 1.68. The van der Waals surface area contributed by atoms with E-state index in [4.69, 9.17) is 0 Å². The van der Waals surface area contributed by atoms with Crippen LogP contribution in [0.3, 0.4) is 0 Å². The van der Waals surface area contributed by atoms with Gasteiger partial charge in [0.25, 0.3) is 0 Å². The van der Waals surface area contributed by atoms with E-state index in [9.17, 15) is 57.5 Å². The van der Waals surface area contributed by atoms with Gasteiger partial charge in [0.2, 0.25) is 41.4 Å². The minimum Gasteiger partial charge on any atom is -0.469 e. The average molecular weight is 1560 g/mol. The first kappa shape index (κ1) is 96.9. The number of urea groups is 2. The number of carbonyl (C=O) groups is 12. The molecule has 32 heteroatoms. The minimum absolute atomic E-state index is 0.0566. The number of amides is 11. The van der Waals surface area contributed by atoms with E-state index in [-0.39, 0.29) is 102 Å². The Labute approximate surface area is 647 Å². The van der Waals surface area contributed by atoms with Crippen molar-refractivity contribution in [3.63, 3.8) is 0 Å². The van der Waals surface area contributed by atoms with Crippen LogP contribution in [-0.4, -0.2) is 237 Å². The van der Waals surface area contributed by atoms with E-state index in [0.29, 0.717) is 114 Å². The maximum Gasteiger partial charge on any atom is 0.315 e. The molecule has 4 saturated heterocycles. The Kier molecular flexibility index (Phi) is 57.5. The second kappa shape index (κ2) is 63.5. The molecule has 11 amide bonds. The maximum atomic E-state index is 12.8. The minimum atomic E-state index is -0.555. The van der Waals surface area contributed by atoms with E-state index in [1.165, 1.54) is 21.3 Å². The van der Waals surface area contributed by atoms with Crippen LogP contribution >= 0.6 is 23.5 Å². The van der Waals surface area contributed by atoms with Crippen LogP contribution in [0.1, 0.15) is 238 Å². The van der Waals surface area contributed by atoms with Crippen molar-refractivity contribution >= 4 is 94.8 Å². The zero-order valence-electron chi connectivity index (χ0n) is 65.9. The number of esters is 3. The molecule has 4 rings (SSSR count). The number of rotatable bonds is 61. The fourth-order valence-electron chi connectivity index (χ4n) is 12.8. The van der Waals surface area contributed by atoms with Gasteiger partial charge in [0.05, 0.1) is 51.5 Å². The molecule has 15 N–H and O–H groups in total. The summed E-state index contributed by atoms with van der Waals surface area (Å²) in [6.07, 6.45) is 28.0. The van der Waals surface area contributed by atoms with Crippen LogP contribution in [0.2, 0.25) is 0 Å². The third-order valence-corrected chi connectivity index (χ3v) is 22.2. The van der Waals surface area contributed by atoms with Gasteiger partial charge in [0.1, 0.15) is 12.1 Å². The molecule has 4 heterocycles. The molecule has 4 aliphatic rings. The topological polar surface area (TPSA) is 413 Å². The van der Waals surface area contributed by atoms with E-state index >= 15 is 0 Å². The standard InChI is InChI=1S/2C30H54N6O6S.C15H31N3O3/c2*1-31-18-12-9-13-22(29(40)33-20-11-4-6-17-27(39)42-2)34-26(38)16-5-3-10-19-32-25(37)15-8-7-14-24-28-23(21-43-24)35-30(41)36-28;1-16-11-8-6-9-13(17-2)15(20)18-12-7-4-5-10-14(19)21-3/h2*22-24,28,31H,3-21H2,1-2H3,(H,32,37)(H,33,40)(H,34,38)(H2,35,36,41);13,16-17H,4-12H2,1-3H3,(H,18,20)/t2*22?,23-,24?,28-;/m00./s1. The Morgan fingerprint density at radius 2 is 0.636 bits per heavy atom. The number of fused-ring (bicyclic) bond motifs is 2. The number of hydrogen-bond acceptors (Lipinski definition) is 21. The summed E-state index contributed by atoms with van der Waals surface area (Å²) in [6.45, 7) is 5.56. The summed E-state index contributed by atoms with van der Waals surface area (Å²) >= 11 is 3.79. The molecule has 0 saturated carbocycles. The molecule has 4 fully saturated rings. The fraction of sp³-hybridized carbons (Fsp3) is 0.840. The molecular formula is C75H139N15O15S2. The Morgan fingerprint density at radius 3 is 0.963 bits per heavy atom.